The van der Waals surface area contributed by atoms with Crippen LogP contribution in [0.25, 0.3) is 22.8 Å². The smallest absolute Gasteiger partial charge is 0.328 e. The molecule has 35 heavy (non-hydrogen) atoms. The quantitative estimate of drug-likeness (QED) is 0.406. The average molecular weight is 474 g/mol. The largest absolute Gasteiger partial charge is 0.471 e. The van der Waals surface area contributed by atoms with Crippen molar-refractivity contribution in [3.63, 3.8) is 0 Å². The van der Waals surface area contributed by atoms with Crippen molar-refractivity contribution in [2.75, 3.05) is 0 Å². The van der Waals surface area contributed by atoms with E-state index in [-0.39, 0.29) is 11.6 Å². The molecule has 1 aromatic heterocycles. The number of ether oxygens (including phenoxy) is 2. The van der Waals surface area contributed by atoms with Crippen LogP contribution < -0.4 is 20.1 Å². The molecule has 1 fully saturated rings. The first-order valence-electron chi connectivity index (χ1n) is 10.2. The zero-order valence-electron chi connectivity index (χ0n) is 17.7. The first-order valence-corrected chi connectivity index (χ1v) is 10.2. The molecule has 0 saturated carbocycles. The van der Waals surface area contributed by atoms with Gasteiger partial charge in [-0.05, 0) is 72.8 Å². The molecule has 174 valence electrons. The minimum atomic E-state index is -1.47. The van der Waals surface area contributed by atoms with Crippen molar-refractivity contribution in [3.8, 4) is 40.1 Å². The van der Waals surface area contributed by atoms with Crippen molar-refractivity contribution in [1.82, 2.24) is 20.8 Å². The minimum absolute atomic E-state index is 0.241. The highest BCUT2D eigenvalue weighted by molar-refractivity contribution is 6.18. The average Bonchev–Trinajstić information content (AvgIpc) is 3.34. The number of carbonyl (C=O) groups excluding carboxylic acids is 3. The number of halogens is 1. The number of barbiturate groups is 1. The van der Waals surface area contributed by atoms with Crippen LogP contribution in [-0.2, 0) is 9.59 Å². The Morgan fingerprint density at radius 3 is 1.91 bits per heavy atom. The number of benzene rings is 3. The number of carbonyl (C=O) groups is 3. The van der Waals surface area contributed by atoms with Gasteiger partial charge in [-0.3, -0.25) is 20.2 Å². The molecule has 11 heteroatoms. The number of nitrogens with zero attached hydrogens (tertiary/aromatic N) is 2. The van der Waals surface area contributed by atoms with Crippen LogP contribution in [-0.4, -0.2) is 34.1 Å². The zero-order valence-corrected chi connectivity index (χ0v) is 17.7. The Morgan fingerprint density at radius 2 is 1.29 bits per heavy atom. The van der Waals surface area contributed by atoms with Crippen LogP contribution in [0.2, 0.25) is 0 Å². The Morgan fingerprint density at radius 1 is 0.743 bits per heavy atom. The fourth-order valence-corrected chi connectivity index (χ4v) is 3.19. The number of amides is 4. The minimum Gasteiger partial charge on any atom is -0.471 e. The van der Waals surface area contributed by atoms with Gasteiger partial charge in [0.15, 0.2) is 0 Å². The molecule has 1 aliphatic rings. The van der Waals surface area contributed by atoms with Gasteiger partial charge < -0.3 is 14.0 Å². The zero-order chi connectivity index (χ0) is 24.4. The van der Waals surface area contributed by atoms with Crippen LogP contribution in [0.1, 0.15) is 0 Å². The van der Waals surface area contributed by atoms with Gasteiger partial charge in [0.05, 0.1) is 0 Å². The Labute approximate surface area is 196 Å². The lowest BCUT2D eigenvalue weighted by atomic mass is 10.2. The van der Waals surface area contributed by atoms with Gasteiger partial charge in [0.2, 0.25) is 5.82 Å². The van der Waals surface area contributed by atoms with Crippen molar-refractivity contribution >= 4 is 17.8 Å². The lowest BCUT2D eigenvalue weighted by Crippen LogP contribution is -2.60. The molecule has 4 amide bonds. The first kappa shape index (κ1) is 21.8. The molecule has 2 N–H and O–H groups in total. The van der Waals surface area contributed by atoms with Crippen LogP contribution in [0.4, 0.5) is 9.18 Å². The van der Waals surface area contributed by atoms with Crippen LogP contribution >= 0.6 is 0 Å². The number of imide groups is 2. The highest BCUT2D eigenvalue weighted by Gasteiger charge is 2.36. The van der Waals surface area contributed by atoms with Gasteiger partial charge in [0.1, 0.15) is 23.1 Å². The second-order valence-corrected chi connectivity index (χ2v) is 7.33. The number of urea groups is 1. The van der Waals surface area contributed by atoms with Crippen LogP contribution in [0.15, 0.2) is 77.3 Å². The molecule has 4 aromatic rings. The summed E-state index contributed by atoms with van der Waals surface area (Å²) in [5, 5.41) is 7.86. The maximum Gasteiger partial charge on any atom is 0.328 e. The standard InChI is InChI=1S/C24H15FN4O6/c25-15-5-1-13(2-6-15)20-26-23(35-29-20)14-3-7-16(8-4-14)33-17-9-11-18(12-10-17)34-19-21(30)27-24(32)28-22(19)31/h1-12,19H,(H2,27,28,30,31,32). The topological polar surface area (TPSA) is 133 Å². The lowest BCUT2D eigenvalue weighted by Gasteiger charge is -2.21. The second-order valence-electron chi connectivity index (χ2n) is 7.33. The number of rotatable bonds is 6. The summed E-state index contributed by atoms with van der Waals surface area (Å²) in [6.07, 6.45) is -1.47. The van der Waals surface area contributed by atoms with Crippen LogP contribution in [0.3, 0.4) is 0 Å². The van der Waals surface area contributed by atoms with Gasteiger partial charge in [0.25, 0.3) is 23.8 Å². The van der Waals surface area contributed by atoms with Gasteiger partial charge in [-0.15, -0.1) is 0 Å². The highest BCUT2D eigenvalue weighted by atomic mass is 19.1. The van der Waals surface area contributed by atoms with E-state index in [1.807, 2.05) is 10.6 Å². The molecular formula is C24H15FN4O6. The number of hydrogen-bond donors (Lipinski definition) is 2. The van der Waals surface area contributed by atoms with E-state index in [0.29, 0.717) is 34.3 Å². The second kappa shape index (κ2) is 9.06. The van der Waals surface area contributed by atoms with Crippen LogP contribution in [0, 0.1) is 5.82 Å². The van der Waals surface area contributed by atoms with Gasteiger partial charge in [-0.25, -0.2) is 9.18 Å². The van der Waals surface area contributed by atoms with Gasteiger partial charge in [-0.2, -0.15) is 4.98 Å². The first-order chi connectivity index (χ1) is 16.9. The van der Waals surface area contributed by atoms with E-state index in [1.165, 1.54) is 24.3 Å². The van der Waals surface area contributed by atoms with Gasteiger partial charge in [0, 0.05) is 11.1 Å². The third kappa shape index (κ3) is 4.83. The summed E-state index contributed by atoms with van der Waals surface area (Å²) in [7, 11) is 0. The number of hydrogen-bond acceptors (Lipinski definition) is 8. The summed E-state index contributed by atoms with van der Waals surface area (Å²) in [4.78, 5) is 39.0. The van der Waals surface area contributed by atoms with E-state index in [2.05, 4.69) is 10.1 Å². The maximum atomic E-state index is 13.1. The molecule has 0 unspecified atom stereocenters. The predicted octanol–water partition coefficient (Wildman–Crippen LogP) is 3.45. The van der Waals surface area contributed by atoms with Crippen molar-refractivity contribution in [2.45, 2.75) is 6.10 Å². The fourth-order valence-electron chi connectivity index (χ4n) is 3.19. The SMILES string of the molecule is O=C1NC(=O)C(Oc2ccc(Oc3ccc(-c4nc(-c5ccc(F)cc5)no4)cc3)cc2)C(=O)N1. The molecule has 0 radical (unpaired) electrons. The predicted molar refractivity (Wildman–Crippen MR) is 118 cm³/mol. The van der Waals surface area contributed by atoms with Gasteiger partial charge in [-0.1, -0.05) is 5.16 Å². The van der Waals surface area contributed by atoms with Gasteiger partial charge >= 0.3 is 6.03 Å². The molecule has 0 atom stereocenters. The maximum absolute atomic E-state index is 13.1. The van der Waals surface area contributed by atoms with E-state index < -0.39 is 23.9 Å². The summed E-state index contributed by atoms with van der Waals surface area (Å²) in [6, 6.07) is 18.1. The lowest BCUT2D eigenvalue weighted by molar-refractivity contribution is -0.139. The Hall–Kier alpha value is -5.06. The summed E-state index contributed by atoms with van der Waals surface area (Å²) >= 11 is 0. The number of aromatic nitrogens is 2. The van der Waals surface area contributed by atoms with E-state index in [0.717, 1.165) is 0 Å². The van der Waals surface area contributed by atoms with Crippen molar-refractivity contribution in [2.24, 2.45) is 0 Å². The third-order valence-corrected chi connectivity index (χ3v) is 4.89. The Bertz CT molecular complexity index is 1380. The normalized spacial score (nSPS) is 13.8. The summed E-state index contributed by atoms with van der Waals surface area (Å²) in [5.41, 5.74) is 1.30. The molecule has 1 saturated heterocycles. The van der Waals surface area contributed by atoms with E-state index in [9.17, 15) is 18.8 Å². The van der Waals surface area contributed by atoms with Crippen molar-refractivity contribution in [3.05, 3.63) is 78.6 Å². The summed E-state index contributed by atoms with van der Waals surface area (Å²) < 4.78 is 29.6. The monoisotopic (exact) mass is 474 g/mol. The van der Waals surface area contributed by atoms with Crippen LogP contribution in [0.5, 0.6) is 17.2 Å². The fraction of sp³-hybridized carbons (Fsp3) is 0.0417. The molecule has 2 heterocycles. The summed E-state index contributed by atoms with van der Waals surface area (Å²) in [5.74, 6) is -0.134. The number of nitrogens with one attached hydrogen (secondary N) is 2. The van der Waals surface area contributed by atoms with Crippen molar-refractivity contribution < 1.29 is 32.8 Å². The Balaban J connectivity index is 1.22. The third-order valence-electron chi connectivity index (χ3n) is 4.89. The Kier molecular flexibility index (Phi) is 5.63. The van der Waals surface area contributed by atoms with Crippen molar-refractivity contribution in [1.29, 1.82) is 0 Å². The molecule has 0 aliphatic carbocycles. The molecular weight excluding hydrogens is 459 g/mol. The molecule has 10 nitrogen and oxygen atoms in total. The molecule has 0 bridgehead atoms. The molecule has 3 aromatic carbocycles. The molecule has 5 rings (SSSR count). The van der Waals surface area contributed by atoms with E-state index >= 15 is 0 Å². The highest BCUT2D eigenvalue weighted by Crippen LogP contribution is 2.28. The molecule has 0 spiro atoms. The van der Waals surface area contributed by atoms with E-state index in [4.69, 9.17) is 14.0 Å². The summed E-state index contributed by atoms with van der Waals surface area (Å²) in [6.45, 7) is 0. The van der Waals surface area contributed by atoms with E-state index in [1.54, 1.807) is 48.5 Å². The molecule has 1 aliphatic heterocycles.